The highest BCUT2D eigenvalue weighted by Gasteiger charge is 2.39. The molecule has 1 aromatic heterocycles. The minimum absolute atomic E-state index is 0.120. The molecule has 1 amide bonds. The van der Waals surface area contributed by atoms with E-state index in [9.17, 15) is 4.79 Å². The summed E-state index contributed by atoms with van der Waals surface area (Å²) in [6.45, 7) is 0.935. The van der Waals surface area contributed by atoms with E-state index in [1.165, 1.54) is 19.3 Å². The second kappa shape index (κ2) is 4.73. The summed E-state index contributed by atoms with van der Waals surface area (Å²) in [5.41, 5.74) is 0.910. The van der Waals surface area contributed by atoms with Crippen LogP contribution in [0.3, 0.4) is 0 Å². The van der Waals surface area contributed by atoms with Crippen LogP contribution < -0.4 is 0 Å². The van der Waals surface area contributed by atoms with Crippen LogP contribution in [0.1, 0.15) is 24.8 Å². The number of amides is 1. The Morgan fingerprint density at radius 2 is 2.39 bits per heavy atom. The molecule has 0 N–H and O–H groups in total. The third-order valence-electron chi connectivity index (χ3n) is 3.86. The van der Waals surface area contributed by atoms with Crippen LogP contribution in [0.25, 0.3) is 6.08 Å². The molecule has 4 heteroatoms. The van der Waals surface area contributed by atoms with Crippen molar-refractivity contribution in [3.05, 3.63) is 35.1 Å². The fraction of sp³-hybridized carbons (Fsp3) is 0.429. The minimum atomic E-state index is 0.120. The van der Waals surface area contributed by atoms with Gasteiger partial charge in [0.2, 0.25) is 5.91 Å². The van der Waals surface area contributed by atoms with Crippen LogP contribution in [0.5, 0.6) is 0 Å². The molecule has 2 fully saturated rings. The van der Waals surface area contributed by atoms with Crippen molar-refractivity contribution in [2.75, 3.05) is 6.54 Å². The second-order valence-electron chi connectivity index (χ2n) is 5.07. The van der Waals surface area contributed by atoms with Crippen molar-refractivity contribution in [1.82, 2.24) is 9.88 Å². The summed E-state index contributed by atoms with van der Waals surface area (Å²) in [5, 5.41) is 0.449. The molecule has 1 saturated carbocycles. The zero-order valence-corrected chi connectivity index (χ0v) is 10.8. The Kier molecular flexibility index (Phi) is 3.08. The average Bonchev–Trinajstić information content (AvgIpc) is 2.98. The van der Waals surface area contributed by atoms with Gasteiger partial charge < -0.3 is 4.90 Å². The molecular formula is C14H15ClN2O. The Bertz CT molecular complexity index is 500. The molecule has 0 spiro atoms. The van der Waals surface area contributed by atoms with E-state index in [2.05, 4.69) is 4.98 Å². The zero-order chi connectivity index (χ0) is 12.5. The summed E-state index contributed by atoms with van der Waals surface area (Å²) in [4.78, 5) is 18.0. The second-order valence-corrected chi connectivity index (χ2v) is 5.46. The van der Waals surface area contributed by atoms with Gasteiger partial charge in [-0.1, -0.05) is 11.6 Å². The number of halogens is 1. The number of aromatic nitrogens is 1. The molecule has 1 aliphatic heterocycles. The van der Waals surface area contributed by atoms with Crippen molar-refractivity contribution in [1.29, 1.82) is 0 Å². The summed E-state index contributed by atoms with van der Waals surface area (Å²) >= 11 is 5.80. The standard InChI is InChI=1S/C14H15ClN2O/c15-13-8-10(5-6-16-13)2-4-14(18)17-9-11-1-3-12(17)7-11/h2,4-6,8,11-12H,1,3,7,9H2/b4-2+. The first-order valence-corrected chi connectivity index (χ1v) is 6.70. The van der Waals surface area contributed by atoms with Gasteiger partial charge in [0, 0.05) is 24.9 Å². The molecular weight excluding hydrogens is 248 g/mol. The highest BCUT2D eigenvalue weighted by Crippen LogP contribution is 2.37. The molecule has 0 aromatic carbocycles. The van der Waals surface area contributed by atoms with E-state index in [0.717, 1.165) is 18.0 Å². The quantitative estimate of drug-likeness (QED) is 0.607. The van der Waals surface area contributed by atoms with Gasteiger partial charge in [-0.15, -0.1) is 0 Å². The first-order valence-electron chi connectivity index (χ1n) is 6.32. The molecule has 2 unspecified atom stereocenters. The van der Waals surface area contributed by atoms with E-state index < -0.39 is 0 Å². The molecule has 18 heavy (non-hydrogen) atoms. The first kappa shape index (κ1) is 11.7. The number of likely N-dealkylation sites (tertiary alicyclic amines) is 1. The third kappa shape index (κ3) is 2.27. The van der Waals surface area contributed by atoms with Crippen LogP contribution >= 0.6 is 11.6 Å². The first-order chi connectivity index (χ1) is 8.72. The number of rotatable bonds is 2. The zero-order valence-electron chi connectivity index (χ0n) is 10.1. The summed E-state index contributed by atoms with van der Waals surface area (Å²) in [6, 6.07) is 4.07. The van der Waals surface area contributed by atoms with Crippen LogP contribution in [-0.4, -0.2) is 28.4 Å². The lowest BCUT2D eigenvalue weighted by Gasteiger charge is -2.25. The third-order valence-corrected chi connectivity index (χ3v) is 4.07. The van der Waals surface area contributed by atoms with Gasteiger partial charge in [-0.3, -0.25) is 4.79 Å². The molecule has 1 aliphatic carbocycles. The summed E-state index contributed by atoms with van der Waals surface area (Å²) < 4.78 is 0. The van der Waals surface area contributed by atoms with Crippen molar-refractivity contribution in [2.45, 2.75) is 25.3 Å². The Labute approximate surface area is 111 Å². The van der Waals surface area contributed by atoms with Crippen molar-refractivity contribution >= 4 is 23.6 Å². The van der Waals surface area contributed by atoms with Gasteiger partial charge in [0.05, 0.1) is 0 Å². The highest BCUT2D eigenvalue weighted by atomic mass is 35.5. The van der Waals surface area contributed by atoms with Crippen LogP contribution in [0.2, 0.25) is 5.15 Å². The van der Waals surface area contributed by atoms with Gasteiger partial charge in [-0.25, -0.2) is 4.98 Å². The largest absolute Gasteiger partial charge is 0.336 e. The fourth-order valence-corrected chi connectivity index (χ4v) is 3.16. The van der Waals surface area contributed by atoms with Crippen LogP contribution in [0, 0.1) is 5.92 Å². The normalized spacial score (nSPS) is 26.2. The fourth-order valence-electron chi connectivity index (χ4n) is 2.98. The lowest BCUT2D eigenvalue weighted by molar-refractivity contribution is -0.127. The van der Waals surface area contributed by atoms with Crippen LogP contribution in [0.4, 0.5) is 0 Å². The molecule has 3 rings (SSSR count). The molecule has 94 valence electrons. The van der Waals surface area contributed by atoms with Crippen molar-refractivity contribution in [3.8, 4) is 0 Å². The summed E-state index contributed by atoms with van der Waals surface area (Å²) in [5.74, 6) is 0.859. The minimum Gasteiger partial charge on any atom is -0.336 e. The SMILES string of the molecule is O=C(/C=C/c1ccnc(Cl)c1)N1CC2CCC1C2. The van der Waals surface area contributed by atoms with Gasteiger partial charge in [0.1, 0.15) is 5.15 Å². The van der Waals surface area contributed by atoms with Crippen LogP contribution in [0.15, 0.2) is 24.4 Å². The van der Waals surface area contributed by atoms with Gasteiger partial charge in [-0.2, -0.15) is 0 Å². The maximum Gasteiger partial charge on any atom is 0.246 e. The summed E-state index contributed by atoms with van der Waals surface area (Å²) in [7, 11) is 0. The van der Waals surface area contributed by atoms with Gasteiger partial charge in [0.25, 0.3) is 0 Å². The van der Waals surface area contributed by atoms with Crippen molar-refractivity contribution < 1.29 is 4.79 Å². The Balaban J connectivity index is 1.67. The molecule has 1 aromatic rings. The Morgan fingerprint density at radius 3 is 3.06 bits per heavy atom. The number of nitrogens with zero attached hydrogens (tertiary/aromatic N) is 2. The van der Waals surface area contributed by atoms with E-state index in [4.69, 9.17) is 11.6 Å². The van der Waals surface area contributed by atoms with E-state index in [-0.39, 0.29) is 5.91 Å². The number of fused-ring (bicyclic) bond motifs is 2. The lowest BCUT2D eigenvalue weighted by Crippen LogP contribution is -2.36. The number of hydrogen-bond acceptors (Lipinski definition) is 2. The number of carbonyl (C=O) groups excluding carboxylic acids is 1. The number of piperidine rings is 1. The molecule has 0 radical (unpaired) electrons. The van der Waals surface area contributed by atoms with Gasteiger partial charge in [0.15, 0.2) is 0 Å². The van der Waals surface area contributed by atoms with Gasteiger partial charge in [-0.05, 0) is 49.0 Å². The predicted molar refractivity (Wildman–Crippen MR) is 71.1 cm³/mol. The van der Waals surface area contributed by atoms with Crippen molar-refractivity contribution in [2.24, 2.45) is 5.92 Å². The number of pyridine rings is 1. The highest BCUT2D eigenvalue weighted by molar-refractivity contribution is 6.29. The molecule has 1 saturated heterocycles. The molecule has 2 bridgehead atoms. The molecule has 2 aliphatic rings. The summed E-state index contributed by atoms with van der Waals surface area (Å²) in [6.07, 6.45) is 8.75. The van der Waals surface area contributed by atoms with E-state index in [1.54, 1.807) is 18.3 Å². The molecule has 2 atom stereocenters. The molecule has 2 heterocycles. The monoisotopic (exact) mass is 262 g/mol. The van der Waals surface area contributed by atoms with Gasteiger partial charge >= 0.3 is 0 Å². The van der Waals surface area contributed by atoms with E-state index in [1.807, 2.05) is 17.0 Å². The Hall–Kier alpha value is -1.35. The average molecular weight is 263 g/mol. The maximum absolute atomic E-state index is 12.1. The number of carbonyl (C=O) groups is 1. The smallest absolute Gasteiger partial charge is 0.246 e. The Morgan fingerprint density at radius 1 is 1.50 bits per heavy atom. The maximum atomic E-state index is 12.1. The van der Waals surface area contributed by atoms with Crippen LogP contribution in [-0.2, 0) is 4.79 Å². The lowest BCUT2D eigenvalue weighted by atomic mass is 10.1. The topological polar surface area (TPSA) is 33.2 Å². The van der Waals surface area contributed by atoms with E-state index >= 15 is 0 Å². The van der Waals surface area contributed by atoms with E-state index in [0.29, 0.717) is 11.2 Å². The predicted octanol–water partition coefficient (Wildman–Crippen LogP) is 2.76. The number of hydrogen-bond donors (Lipinski definition) is 0. The van der Waals surface area contributed by atoms with Crippen molar-refractivity contribution in [3.63, 3.8) is 0 Å². The molecule has 3 nitrogen and oxygen atoms in total.